The highest BCUT2D eigenvalue weighted by Crippen LogP contribution is 2.29. The van der Waals surface area contributed by atoms with Gasteiger partial charge in [0.15, 0.2) is 11.6 Å². The van der Waals surface area contributed by atoms with Gasteiger partial charge in [0, 0.05) is 19.4 Å². The zero-order valence-corrected chi connectivity index (χ0v) is 13.6. The van der Waals surface area contributed by atoms with Crippen molar-refractivity contribution in [1.82, 2.24) is 15.0 Å². The van der Waals surface area contributed by atoms with Gasteiger partial charge >= 0.3 is 0 Å². The molecule has 1 fully saturated rings. The minimum absolute atomic E-state index is 0.00777. The molecule has 1 amide bonds. The van der Waals surface area contributed by atoms with Crippen LogP contribution < -0.4 is 0 Å². The Morgan fingerprint density at radius 2 is 2.22 bits per heavy atom. The molecule has 0 aromatic carbocycles. The van der Waals surface area contributed by atoms with E-state index in [1.165, 1.54) is 17.7 Å². The van der Waals surface area contributed by atoms with Crippen LogP contribution in [0.5, 0.6) is 0 Å². The number of hydrogen-bond acceptors (Lipinski definition) is 6. The maximum absolute atomic E-state index is 12.6. The molecular weight excluding hydrogens is 314 g/mol. The third-order valence-corrected chi connectivity index (χ3v) is 5.02. The first-order chi connectivity index (χ1) is 11.3. The van der Waals surface area contributed by atoms with E-state index in [9.17, 15) is 9.59 Å². The molecule has 1 atom stereocenters. The molecule has 7 heteroatoms. The maximum Gasteiger partial charge on any atom is 0.223 e. The van der Waals surface area contributed by atoms with Gasteiger partial charge in [0.05, 0.1) is 10.9 Å². The Labute approximate surface area is 138 Å². The first-order valence-corrected chi connectivity index (χ1v) is 8.76. The van der Waals surface area contributed by atoms with E-state index in [0.717, 1.165) is 25.7 Å². The molecular formula is C16H19N3O3S. The number of amides is 1. The summed E-state index contributed by atoms with van der Waals surface area (Å²) in [6.07, 6.45) is 5.70. The molecule has 0 saturated carbocycles. The van der Waals surface area contributed by atoms with Crippen LogP contribution in [0.2, 0.25) is 0 Å². The average molecular weight is 333 g/mol. The number of Topliss-reactive ketones (excluding diaryl/α,β-unsaturated/α-hetero) is 1. The van der Waals surface area contributed by atoms with E-state index < -0.39 is 0 Å². The summed E-state index contributed by atoms with van der Waals surface area (Å²) >= 11 is 1.41. The number of carbonyl (C=O) groups excluding carboxylic acids is 2. The van der Waals surface area contributed by atoms with Crippen molar-refractivity contribution >= 4 is 23.0 Å². The Kier molecular flexibility index (Phi) is 5.17. The molecule has 1 aliphatic heterocycles. The first kappa shape index (κ1) is 15.9. The number of likely N-dealkylation sites (tertiary alicyclic amines) is 1. The first-order valence-electron chi connectivity index (χ1n) is 7.88. The average Bonchev–Trinajstić information content (AvgIpc) is 3.22. The van der Waals surface area contributed by atoms with Gasteiger partial charge in [-0.05, 0) is 24.3 Å². The van der Waals surface area contributed by atoms with Gasteiger partial charge in [0.2, 0.25) is 12.3 Å². The minimum atomic E-state index is -0.138. The number of rotatable bonds is 5. The number of ketones is 1. The molecule has 23 heavy (non-hydrogen) atoms. The van der Waals surface area contributed by atoms with E-state index in [-0.39, 0.29) is 30.6 Å². The van der Waals surface area contributed by atoms with Crippen LogP contribution in [0.3, 0.4) is 0 Å². The van der Waals surface area contributed by atoms with Crippen molar-refractivity contribution in [2.75, 3.05) is 6.54 Å². The zero-order valence-electron chi connectivity index (χ0n) is 12.8. The summed E-state index contributed by atoms with van der Waals surface area (Å²) in [6.45, 7) is 0.686. The Morgan fingerprint density at radius 3 is 2.96 bits per heavy atom. The van der Waals surface area contributed by atoms with Crippen LogP contribution in [-0.2, 0) is 4.79 Å². The summed E-state index contributed by atoms with van der Waals surface area (Å²) in [6, 6.07) is 3.51. The lowest BCUT2D eigenvalue weighted by molar-refractivity contribution is -0.133. The molecule has 0 radical (unpaired) electrons. The number of thiophene rings is 1. The molecule has 0 N–H and O–H groups in total. The molecule has 0 unspecified atom stereocenters. The fourth-order valence-electron chi connectivity index (χ4n) is 2.93. The number of aromatic nitrogens is 2. The lowest BCUT2D eigenvalue weighted by Gasteiger charge is -2.27. The topological polar surface area (TPSA) is 76.3 Å². The molecule has 2 aromatic heterocycles. The predicted molar refractivity (Wildman–Crippen MR) is 85.1 cm³/mol. The van der Waals surface area contributed by atoms with Crippen LogP contribution in [0, 0.1) is 0 Å². The van der Waals surface area contributed by atoms with Crippen LogP contribution in [0.15, 0.2) is 28.4 Å². The second-order valence-corrected chi connectivity index (χ2v) is 6.59. The predicted octanol–water partition coefficient (Wildman–Crippen LogP) is 3.24. The molecule has 2 aromatic rings. The highest BCUT2D eigenvalue weighted by molar-refractivity contribution is 7.12. The highest BCUT2D eigenvalue weighted by atomic mass is 32.1. The zero-order chi connectivity index (χ0) is 16.1. The lowest BCUT2D eigenvalue weighted by atomic mass is 10.1. The largest absolute Gasteiger partial charge is 0.343 e. The van der Waals surface area contributed by atoms with Gasteiger partial charge in [0.25, 0.3) is 0 Å². The Hall–Kier alpha value is -2.02. The molecule has 3 rings (SSSR count). The Balaban J connectivity index is 1.64. The molecule has 0 aliphatic carbocycles. The SMILES string of the molecule is O=C(CCC(=O)N1CCCCC[C@H]1c1ncon1)c1cccs1. The lowest BCUT2D eigenvalue weighted by Crippen LogP contribution is -2.35. The number of hydrogen-bond donors (Lipinski definition) is 0. The van der Waals surface area contributed by atoms with Crippen molar-refractivity contribution in [2.45, 2.75) is 44.6 Å². The quantitative estimate of drug-likeness (QED) is 0.785. The molecule has 1 aliphatic rings. The highest BCUT2D eigenvalue weighted by Gasteiger charge is 2.29. The van der Waals surface area contributed by atoms with E-state index in [4.69, 9.17) is 4.52 Å². The van der Waals surface area contributed by atoms with Crippen molar-refractivity contribution in [3.05, 3.63) is 34.6 Å². The smallest absolute Gasteiger partial charge is 0.223 e. The summed E-state index contributed by atoms with van der Waals surface area (Å²) in [7, 11) is 0. The van der Waals surface area contributed by atoms with Gasteiger partial charge in [0.1, 0.15) is 0 Å². The Morgan fingerprint density at radius 1 is 1.30 bits per heavy atom. The van der Waals surface area contributed by atoms with Gasteiger partial charge in [-0.2, -0.15) is 4.98 Å². The van der Waals surface area contributed by atoms with Crippen molar-refractivity contribution < 1.29 is 14.1 Å². The van der Waals surface area contributed by atoms with E-state index in [1.54, 1.807) is 6.07 Å². The van der Waals surface area contributed by atoms with Gasteiger partial charge in [-0.15, -0.1) is 11.3 Å². The van der Waals surface area contributed by atoms with Crippen LogP contribution in [0.4, 0.5) is 0 Å². The van der Waals surface area contributed by atoms with Crippen LogP contribution in [-0.4, -0.2) is 33.3 Å². The van der Waals surface area contributed by atoms with Crippen molar-refractivity contribution in [2.24, 2.45) is 0 Å². The van der Waals surface area contributed by atoms with Crippen molar-refractivity contribution in [1.29, 1.82) is 0 Å². The fraction of sp³-hybridized carbons (Fsp3) is 0.500. The van der Waals surface area contributed by atoms with E-state index in [2.05, 4.69) is 10.1 Å². The molecule has 1 saturated heterocycles. The van der Waals surface area contributed by atoms with Gasteiger partial charge < -0.3 is 9.42 Å². The maximum atomic E-state index is 12.6. The normalized spacial score (nSPS) is 18.6. The summed E-state index contributed by atoms with van der Waals surface area (Å²) in [5, 5.41) is 5.78. The third-order valence-electron chi connectivity index (χ3n) is 4.11. The molecule has 0 spiro atoms. The molecule has 3 heterocycles. The van der Waals surface area contributed by atoms with Crippen LogP contribution >= 0.6 is 11.3 Å². The van der Waals surface area contributed by atoms with E-state index in [1.807, 2.05) is 16.3 Å². The van der Waals surface area contributed by atoms with Gasteiger partial charge in [-0.25, -0.2) is 0 Å². The fourth-order valence-corrected chi connectivity index (χ4v) is 3.62. The summed E-state index contributed by atoms with van der Waals surface area (Å²) < 4.78 is 4.83. The van der Waals surface area contributed by atoms with E-state index in [0.29, 0.717) is 17.2 Å². The number of carbonyl (C=O) groups is 2. The standard InChI is InChI=1S/C16H19N3O3S/c20-13(14-6-4-10-23-14)7-8-15(21)19-9-3-1-2-5-12(19)16-17-11-22-18-16/h4,6,10-12H,1-3,5,7-9H2/t12-/m0/s1. The second kappa shape index (κ2) is 7.50. The Bertz CT molecular complexity index is 640. The monoisotopic (exact) mass is 333 g/mol. The van der Waals surface area contributed by atoms with Crippen molar-refractivity contribution in [3.63, 3.8) is 0 Å². The molecule has 0 bridgehead atoms. The summed E-state index contributed by atoms with van der Waals surface area (Å²) in [4.78, 5) is 31.3. The summed E-state index contributed by atoms with van der Waals surface area (Å²) in [5.41, 5.74) is 0. The molecule has 6 nitrogen and oxygen atoms in total. The molecule has 122 valence electrons. The van der Waals surface area contributed by atoms with Gasteiger partial charge in [-0.3, -0.25) is 9.59 Å². The van der Waals surface area contributed by atoms with Gasteiger partial charge in [-0.1, -0.05) is 24.1 Å². The number of nitrogens with zero attached hydrogens (tertiary/aromatic N) is 3. The van der Waals surface area contributed by atoms with Crippen molar-refractivity contribution in [3.8, 4) is 0 Å². The summed E-state index contributed by atoms with van der Waals surface area (Å²) in [5.74, 6) is 0.579. The van der Waals surface area contributed by atoms with Crippen LogP contribution in [0.1, 0.15) is 60.1 Å². The second-order valence-electron chi connectivity index (χ2n) is 5.64. The third kappa shape index (κ3) is 3.85. The minimum Gasteiger partial charge on any atom is -0.343 e. The van der Waals surface area contributed by atoms with E-state index >= 15 is 0 Å². The van der Waals surface area contributed by atoms with Crippen LogP contribution in [0.25, 0.3) is 0 Å².